The van der Waals surface area contributed by atoms with Crippen LogP contribution in [0.25, 0.3) is 0 Å². The van der Waals surface area contributed by atoms with E-state index in [1.807, 2.05) is 6.92 Å². The van der Waals surface area contributed by atoms with E-state index in [2.05, 4.69) is 5.32 Å². The molecule has 2 aromatic rings. The lowest BCUT2D eigenvalue weighted by Crippen LogP contribution is -2.12. The van der Waals surface area contributed by atoms with Crippen LogP contribution in [0.3, 0.4) is 0 Å². The molecule has 0 spiro atoms. The molecule has 0 aliphatic rings. The van der Waals surface area contributed by atoms with E-state index < -0.39 is 10.0 Å². The smallest absolute Gasteiger partial charge is 0.238 e. The van der Waals surface area contributed by atoms with Gasteiger partial charge < -0.3 is 14.8 Å². The molecule has 0 radical (unpaired) electrons. The first-order valence-corrected chi connectivity index (χ1v) is 9.63. The molecule has 6 nitrogen and oxygen atoms in total. The van der Waals surface area contributed by atoms with Crippen LogP contribution in [0.2, 0.25) is 5.02 Å². The molecule has 0 fully saturated rings. The second-order valence-corrected chi connectivity index (χ2v) is 7.37. The Morgan fingerprint density at radius 3 is 2.44 bits per heavy atom. The fourth-order valence-corrected chi connectivity index (χ4v) is 2.98. The normalized spacial score (nSPS) is 11.2. The highest BCUT2D eigenvalue weighted by Crippen LogP contribution is 2.35. The van der Waals surface area contributed by atoms with E-state index >= 15 is 0 Å². The molecule has 3 N–H and O–H groups in total. The van der Waals surface area contributed by atoms with Gasteiger partial charge in [0.05, 0.1) is 18.6 Å². The summed E-state index contributed by atoms with van der Waals surface area (Å²) in [5.74, 6) is 1.21. The summed E-state index contributed by atoms with van der Waals surface area (Å²) in [6.07, 6.45) is 0.869. The van der Waals surface area contributed by atoms with Gasteiger partial charge in [0, 0.05) is 28.9 Å². The molecule has 0 aliphatic heterocycles. The average molecular weight is 385 g/mol. The third kappa shape index (κ3) is 5.26. The van der Waals surface area contributed by atoms with Gasteiger partial charge in [0.2, 0.25) is 10.0 Å². The van der Waals surface area contributed by atoms with Crippen molar-refractivity contribution in [2.45, 2.75) is 24.8 Å². The SMILES string of the molecule is CCCOc1c(CNc2ccc(S(N)(=O)=O)cc2)cc(Cl)cc1OC. The molecule has 0 aliphatic carbocycles. The van der Waals surface area contributed by atoms with Crippen LogP contribution < -0.4 is 19.9 Å². The Labute approximate surface area is 152 Å². The highest BCUT2D eigenvalue weighted by atomic mass is 35.5. The molecule has 8 heteroatoms. The van der Waals surface area contributed by atoms with E-state index in [4.69, 9.17) is 26.2 Å². The molecule has 0 atom stereocenters. The Kier molecular flexibility index (Phi) is 6.52. The third-order valence-electron chi connectivity index (χ3n) is 3.43. The maximum absolute atomic E-state index is 11.3. The fourth-order valence-electron chi connectivity index (χ4n) is 2.23. The van der Waals surface area contributed by atoms with Crippen LogP contribution in [0.1, 0.15) is 18.9 Å². The van der Waals surface area contributed by atoms with Crippen molar-refractivity contribution in [1.29, 1.82) is 0 Å². The van der Waals surface area contributed by atoms with E-state index in [0.717, 1.165) is 17.7 Å². The van der Waals surface area contributed by atoms with Gasteiger partial charge in [-0.1, -0.05) is 18.5 Å². The molecular weight excluding hydrogens is 364 g/mol. The molecule has 2 rings (SSSR count). The van der Waals surface area contributed by atoms with Crippen LogP contribution in [0.4, 0.5) is 5.69 Å². The number of ether oxygens (including phenoxy) is 2. The summed E-state index contributed by atoms with van der Waals surface area (Å²) in [7, 11) is -2.14. The first kappa shape index (κ1) is 19.4. The summed E-state index contributed by atoms with van der Waals surface area (Å²) in [6.45, 7) is 3.02. The number of benzene rings is 2. The number of primary sulfonamides is 1. The van der Waals surface area contributed by atoms with Crippen molar-refractivity contribution >= 4 is 27.3 Å². The van der Waals surface area contributed by atoms with E-state index in [1.54, 1.807) is 31.4 Å². The molecule has 2 aromatic carbocycles. The molecule has 0 saturated heterocycles. The first-order chi connectivity index (χ1) is 11.8. The highest BCUT2D eigenvalue weighted by Gasteiger charge is 2.13. The largest absolute Gasteiger partial charge is 0.493 e. The number of nitrogens with two attached hydrogens (primary N) is 1. The number of nitrogens with one attached hydrogen (secondary N) is 1. The van der Waals surface area contributed by atoms with E-state index in [0.29, 0.717) is 29.7 Å². The lowest BCUT2D eigenvalue weighted by molar-refractivity contribution is 0.291. The summed E-state index contributed by atoms with van der Waals surface area (Å²) in [4.78, 5) is 0.0643. The number of halogens is 1. The van der Waals surface area contributed by atoms with Gasteiger partial charge in [0.15, 0.2) is 11.5 Å². The van der Waals surface area contributed by atoms with Gasteiger partial charge in [-0.25, -0.2) is 13.6 Å². The van der Waals surface area contributed by atoms with Gasteiger partial charge >= 0.3 is 0 Å². The van der Waals surface area contributed by atoms with Gasteiger partial charge in [-0.2, -0.15) is 0 Å². The predicted molar refractivity (Wildman–Crippen MR) is 98.9 cm³/mol. The van der Waals surface area contributed by atoms with Crippen molar-refractivity contribution in [1.82, 2.24) is 0 Å². The number of methoxy groups -OCH3 is 1. The zero-order chi connectivity index (χ0) is 18.4. The molecule has 0 heterocycles. The Hall–Kier alpha value is -1.96. The Balaban J connectivity index is 2.20. The van der Waals surface area contributed by atoms with E-state index in [-0.39, 0.29) is 4.90 Å². The minimum absolute atomic E-state index is 0.0643. The van der Waals surface area contributed by atoms with Crippen LogP contribution in [0.5, 0.6) is 11.5 Å². The lowest BCUT2D eigenvalue weighted by Gasteiger charge is -2.16. The van der Waals surface area contributed by atoms with Gasteiger partial charge in [-0.3, -0.25) is 0 Å². The Morgan fingerprint density at radius 1 is 1.20 bits per heavy atom. The molecular formula is C17H21ClN2O4S. The molecule has 0 amide bonds. The maximum Gasteiger partial charge on any atom is 0.238 e. The number of rotatable bonds is 8. The molecule has 0 bridgehead atoms. The minimum atomic E-state index is -3.70. The topological polar surface area (TPSA) is 90.6 Å². The van der Waals surface area contributed by atoms with Crippen LogP contribution >= 0.6 is 11.6 Å². The second kappa shape index (κ2) is 8.42. The monoisotopic (exact) mass is 384 g/mol. The standard InChI is InChI=1S/C17H21ClN2O4S/c1-3-8-24-17-12(9-13(18)10-16(17)23-2)11-20-14-4-6-15(7-5-14)25(19,21)22/h4-7,9-10,20H,3,8,11H2,1-2H3,(H2,19,21,22). The number of hydrogen-bond donors (Lipinski definition) is 2. The summed E-state index contributed by atoms with van der Waals surface area (Å²) in [5, 5.41) is 8.84. The molecule has 136 valence electrons. The first-order valence-electron chi connectivity index (χ1n) is 7.71. The zero-order valence-electron chi connectivity index (χ0n) is 14.1. The van der Waals surface area contributed by atoms with Crippen molar-refractivity contribution < 1.29 is 17.9 Å². The zero-order valence-corrected chi connectivity index (χ0v) is 15.7. The van der Waals surface area contributed by atoms with Crippen molar-refractivity contribution in [3.05, 3.63) is 47.0 Å². The van der Waals surface area contributed by atoms with Crippen LogP contribution in [-0.2, 0) is 16.6 Å². The van der Waals surface area contributed by atoms with Crippen molar-refractivity contribution in [2.75, 3.05) is 19.0 Å². The molecule has 0 saturated carbocycles. The molecule has 0 unspecified atom stereocenters. The fraction of sp³-hybridized carbons (Fsp3) is 0.294. The third-order valence-corrected chi connectivity index (χ3v) is 4.58. The number of hydrogen-bond acceptors (Lipinski definition) is 5. The minimum Gasteiger partial charge on any atom is -0.493 e. The molecule has 25 heavy (non-hydrogen) atoms. The second-order valence-electron chi connectivity index (χ2n) is 5.37. The van der Waals surface area contributed by atoms with Gasteiger partial charge in [-0.15, -0.1) is 0 Å². The van der Waals surface area contributed by atoms with Crippen LogP contribution in [0.15, 0.2) is 41.3 Å². The lowest BCUT2D eigenvalue weighted by atomic mass is 10.1. The van der Waals surface area contributed by atoms with E-state index in [9.17, 15) is 8.42 Å². The summed E-state index contributed by atoms with van der Waals surface area (Å²) in [6, 6.07) is 9.70. The summed E-state index contributed by atoms with van der Waals surface area (Å²) >= 11 is 6.14. The predicted octanol–water partition coefficient (Wildman–Crippen LogP) is 3.40. The number of anilines is 1. The van der Waals surface area contributed by atoms with Crippen molar-refractivity contribution in [3.63, 3.8) is 0 Å². The highest BCUT2D eigenvalue weighted by molar-refractivity contribution is 7.89. The molecule has 0 aromatic heterocycles. The summed E-state index contributed by atoms with van der Waals surface area (Å²) < 4.78 is 33.7. The van der Waals surface area contributed by atoms with Crippen LogP contribution in [0, 0.1) is 0 Å². The quantitative estimate of drug-likeness (QED) is 0.727. The number of sulfonamides is 1. The van der Waals surface area contributed by atoms with E-state index in [1.165, 1.54) is 12.1 Å². The van der Waals surface area contributed by atoms with Gasteiger partial charge in [0.1, 0.15) is 0 Å². The van der Waals surface area contributed by atoms with Crippen molar-refractivity contribution in [3.8, 4) is 11.5 Å². The van der Waals surface area contributed by atoms with Gasteiger partial charge in [0.25, 0.3) is 0 Å². The van der Waals surface area contributed by atoms with Crippen LogP contribution in [-0.4, -0.2) is 22.1 Å². The Morgan fingerprint density at radius 2 is 1.88 bits per heavy atom. The maximum atomic E-state index is 11.3. The summed E-state index contributed by atoms with van der Waals surface area (Å²) in [5.41, 5.74) is 1.58. The van der Waals surface area contributed by atoms with Crippen molar-refractivity contribution in [2.24, 2.45) is 5.14 Å². The van der Waals surface area contributed by atoms with Gasteiger partial charge in [-0.05, 0) is 36.8 Å². The Bertz CT molecular complexity index is 823. The average Bonchev–Trinajstić information content (AvgIpc) is 2.58.